The van der Waals surface area contributed by atoms with Crippen molar-refractivity contribution < 1.29 is 0 Å². The van der Waals surface area contributed by atoms with Gasteiger partial charge in [0.15, 0.2) is 0 Å². The first kappa shape index (κ1) is 21.6. The summed E-state index contributed by atoms with van der Waals surface area (Å²) in [7, 11) is 0. The second kappa shape index (κ2) is 17.7. The second-order valence-corrected chi connectivity index (χ2v) is 12.5. The van der Waals surface area contributed by atoms with Crippen molar-refractivity contribution in [3.8, 4) is 0 Å². The van der Waals surface area contributed by atoms with Crippen LogP contribution in [0.1, 0.15) is 41.5 Å². The average Bonchev–Trinajstić information content (AvgIpc) is 2.24. The van der Waals surface area contributed by atoms with E-state index in [1.807, 2.05) is 0 Å². The largest absolute Gasteiger partial charge is 0.261 e. The van der Waals surface area contributed by atoms with E-state index in [-0.39, 0.29) is 40.7 Å². The third-order valence-corrected chi connectivity index (χ3v) is 10.4. The summed E-state index contributed by atoms with van der Waals surface area (Å²) in [6.07, 6.45) is 0. The summed E-state index contributed by atoms with van der Waals surface area (Å²) < 4.78 is 0. The molecule has 92 valence electrons. The van der Waals surface area contributed by atoms with Crippen molar-refractivity contribution in [3.63, 3.8) is 0 Å². The maximum absolute atomic E-state index is 2.32. The lowest BCUT2D eigenvalue weighted by atomic mass is 10.9. The molecule has 0 amide bonds. The molecule has 0 aromatic carbocycles. The molecule has 0 saturated heterocycles. The van der Waals surface area contributed by atoms with Crippen molar-refractivity contribution >= 4 is 40.7 Å². The minimum absolute atomic E-state index is 0. The van der Waals surface area contributed by atoms with E-state index in [4.69, 9.17) is 0 Å². The molecular weight excluding hydrogens is 234 g/mol. The first-order valence-electron chi connectivity index (χ1n) is 6.69. The molecule has 3 heteroatoms. The van der Waals surface area contributed by atoms with Gasteiger partial charge in [-0.3, -0.25) is 0 Å². The standard InChI is InChI=1S/6C2H5.2Al.ClH/c6*1-2;;;/h6*1H2,2H3;;;1H. The summed E-state index contributed by atoms with van der Waals surface area (Å²) in [5.74, 6) is 0. The topological polar surface area (TPSA) is 0 Å². The summed E-state index contributed by atoms with van der Waals surface area (Å²) in [6, 6.07) is 0. The van der Waals surface area contributed by atoms with Crippen LogP contribution < -0.4 is 0 Å². The van der Waals surface area contributed by atoms with E-state index in [9.17, 15) is 0 Å². The van der Waals surface area contributed by atoms with Crippen LogP contribution in [0.25, 0.3) is 0 Å². The molecule has 0 fully saturated rings. The number of hydrogen-bond acceptors (Lipinski definition) is 0. The molecule has 0 unspecified atom stereocenters. The molecule has 0 nitrogen and oxygen atoms in total. The van der Waals surface area contributed by atoms with Gasteiger partial charge in [-0.05, 0) is 0 Å². The quantitative estimate of drug-likeness (QED) is 0.556. The molecule has 0 atom stereocenters. The zero-order valence-corrected chi connectivity index (χ0v) is 14.9. The maximum Gasteiger partial charge on any atom is 0.261 e. The Morgan fingerprint density at radius 3 is 0.600 bits per heavy atom. The Hall–Kier alpha value is 1.35. The second-order valence-electron chi connectivity index (χ2n) is 4.18. The fourth-order valence-corrected chi connectivity index (χ4v) is 5.20. The smallest absolute Gasteiger partial charge is 0.147 e. The van der Waals surface area contributed by atoms with Crippen LogP contribution in [-0.4, -0.2) is 28.3 Å². The van der Waals surface area contributed by atoms with Gasteiger partial charge in [0.25, 0.3) is 28.3 Å². The Labute approximate surface area is 113 Å². The van der Waals surface area contributed by atoms with Crippen LogP contribution in [0, 0.1) is 0 Å². The third-order valence-electron chi connectivity index (χ3n) is 3.46. The lowest BCUT2D eigenvalue weighted by Crippen LogP contribution is -2.04. The molecule has 0 spiro atoms. The molecule has 0 aliphatic heterocycles. The Bertz CT molecular complexity index is 68.6. The summed E-state index contributed by atoms with van der Waals surface area (Å²) >= 11 is -0.343. The van der Waals surface area contributed by atoms with E-state index in [0.717, 1.165) is 0 Å². The van der Waals surface area contributed by atoms with Crippen LogP contribution in [0.3, 0.4) is 0 Å². The molecule has 0 N–H and O–H groups in total. The van der Waals surface area contributed by atoms with Crippen molar-refractivity contribution in [1.29, 1.82) is 0 Å². The van der Waals surface area contributed by atoms with Gasteiger partial charge >= 0.3 is 0 Å². The van der Waals surface area contributed by atoms with Crippen LogP contribution in [0.4, 0.5) is 0 Å². The molecule has 0 saturated carbocycles. The molecule has 0 rings (SSSR count). The van der Waals surface area contributed by atoms with Gasteiger partial charge in [0, 0.05) is 0 Å². The fourth-order valence-electron chi connectivity index (χ4n) is 1.73. The van der Waals surface area contributed by atoms with Crippen molar-refractivity contribution in [2.75, 3.05) is 0 Å². The molecule has 0 radical (unpaired) electrons. The Balaban J connectivity index is -0.000000180. The molecule has 15 heavy (non-hydrogen) atoms. The van der Waals surface area contributed by atoms with Crippen LogP contribution in [0.5, 0.6) is 0 Å². The minimum Gasteiger partial charge on any atom is -0.147 e. The predicted molar refractivity (Wildman–Crippen MR) is 81.6 cm³/mol. The number of halogens is 1. The molecule has 0 aromatic rings. The third kappa shape index (κ3) is 15.4. The first-order valence-corrected chi connectivity index (χ1v) is 11.6. The Kier molecular flexibility index (Phi) is 25.6. The van der Waals surface area contributed by atoms with Crippen LogP contribution in [-0.2, 0) is 0 Å². The Morgan fingerprint density at radius 2 is 0.600 bits per heavy atom. The minimum atomic E-state index is -0.171. The van der Waals surface area contributed by atoms with Gasteiger partial charge in [0.1, 0.15) is 0 Å². The normalized spacial score (nSPS) is 8.40. The first-order chi connectivity index (χ1) is 6.69. The van der Waals surface area contributed by atoms with E-state index >= 15 is 0 Å². The van der Waals surface area contributed by atoms with Gasteiger partial charge in [-0.2, -0.15) is 0 Å². The van der Waals surface area contributed by atoms with Gasteiger partial charge in [-0.15, -0.1) is 12.4 Å². The molecule has 0 aliphatic carbocycles. The SMILES string of the molecule is C[CH2][Al]([CH2]C)[CH2]C.C[CH2][Al]([CH2]C)[CH2]C.Cl. The lowest BCUT2D eigenvalue weighted by Gasteiger charge is -1.97. The van der Waals surface area contributed by atoms with Crippen molar-refractivity contribution in [2.24, 2.45) is 0 Å². The van der Waals surface area contributed by atoms with Crippen molar-refractivity contribution in [1.82, 2.24) is 0 Å². The van der Waals surface area contributed by atoms with Gasteiger partial charge in [-0.25, -0.2) is 0 Å². The maximum atomic E-state index is 2.32. The van der Waals surface area contributed by atoms with E-state index in [0.29, 0.717) is 0 Å². The lowest BCUT2D eigenvalue weighted by molar-refractivity contribution is 1.24. The highest BCUT2D eigenvalue weighted by Gasteiger charge is 2.06. The molecule has 0 aliphatic rings. The zero-order chi connectivity index (χ0) is 11.4. The molecular formula is C12H31Al2Cl. The highest BCUT2D eigenvalue weighted by Crippen LogP contribution is 2.02. The van der Waals surface area contributed by atoms with Gasteiger partial charge in [0.05, 0.1) is 0 Å². The monoisotopic (exact) mass is 264 g/mol. The number of hydrogen-bond donors (Lipinski definition) is 0. The van der Waals surface area contributed by atoms with Gasteiger partial charge in [0.2, 0.25) is 0 Å². The summed E-state index contributed by atoms with van der Waals surface area (Å²) in [5.41, 5.74) is 0. The van der Waals surface area contributed by atoms with Crippen molar-refractivity contribution in [2.45, 2.75) is 73.2 Å². The summed E-state index contributed by atoms with van der Waals surface area (Å²) in [6.45, 7) is 13.9. The van der Waals surface area contributed by atoms with Gasteiger partial charge < -0.3 is 0 Å². The summed E-state index contributed by atoms with van der Waals surface area (Å²) in [4.78, 5) is 0. The van der Waals surface area contributed by atoms with E-state index < -0.39 is 0 Å². The van der Waals surface area contributed by atoms with E-state index in [1.165, 1.54) is 31.7 Å². The highest BCUT2D eigenvalue weighted by atomic mass is 35.5. The Morgan fingerprint density at radius 1 is 0.467 bits per heavy atom. The fraction of sp³-hybridized carbons (Fsp3) is 1.00. The zero-order valence-electron chi connectivity index (χ0n) is 11.8. The van der Waals surface area contributed by atoms with E-state index in [2.05, 4.69) is 41.5 Å². The molecule has 0 aromatic heterocycles. The van der Waals surface area contributed by atoms with E-state index in [1.54, 1.807) is 0 Å². The molecule has 0 heterocycles. The van der Waals surface area contributed by atoms with Gasteiger partial charge in [-0.1, -0.05) is 73.2 Å². The average molecular weight is 265 g/mol. The van der Waals surface area contributed by atoms with Crippen LogP contribution in [0.15, 0.2) is 0 Å². The van der Waals surface area contributed by atoms with Crippen molar-refractivity contribution in [3.05, 3.63) is 0 Å². The highest BCUT2D eigenvalue weighted by molar-refractivity contribution is 6.58. The molecule has 0 bridgehead atoms. The number of rotatable bonds is 6. The van der Waals surface area contributed by atoms with Crippen LogP contribution in [0.2, 0.25) is 31.7 Å². The van der Waals surface area contributed by atoms with Crippen LogP contribution >= 0.6 is 12.4 Å². The summed E-state index contributed by atoms with van der Waals surface area (Å²) in [5, 5.41) is 8.96. The predicted octanol–water partition coefficient (Wildman–Crippen LogP) is 5.50.